The Morgan fingerprint density at radius 2 is 2.04 bits per heavy atom. The number of fused-ring (bicyclic) bond motifs is 1. The molecular formula is C21H22N4O2S. The molecule has 0 aliphatic carbocycles. The Morgan fingerprint density at radius 3 is 2.82 bits per heavy atom. The molecule has 2 aliphatic heterocycles. The second-order valence-corrected chi connectivity index (χ2v) is 8.80. The van der Waals surface area contributed by atoms with Crippen molar-refractivity contribution in [2.24, 2.45) is 5.41 Å². The summed E-state index contributed by atoms with van der Waals surface area (Å²) in [6.45, 7) is 3.31. The molecule has 2 aliphatic rings. The average molecular weight is 395 g/mol. The van der Waals surface area contributed by atoms with Gasteiger partial charge >= 0.3 is 0 Å². The molecule has 144 valence electrons. The smallest absolute Gasteiger partial charge is 0.260 e. The normalized spacial score (nSPS) is 22.8. The van der Waals surface area contributed by atoms with Crippen LogP contribution in [-0.4, -0.2) is 40.4 Å². The first-order valence-electron chi connectivity index (χ1n) is 9.67. The summed E-state index contributed by atoms with van der Waals surface area (Å²) in [5.41, 5.74) is 2.09. The molecule has 3 aromatic rings. The summed E-state index contributed by atoms with van der Waals surface area (Å²) in [7, 11) is 0. The predicted molar refractivity (Wildman–Crippen MR) is 110 cm³/mol. The maximum absolute atomic E-state index is 12.8. The van der Waals surface area contributed by atoms with Crippen LogP contribution < -0.4 is 10.9 Å². The molecule has 5 rings (SSSR count). The molecule has 0 bridgehead atoms. The van der Waals surface area contributed by atoms with E-state index in [0.717, 1.165) is 54.3 Å². The molecular weight excluding hydrogens is 372 g/mol. The van der Waals surface area contributed by atoms with Gasteiger partial charge in [0.2, 0.25) is 5.91 Å². The van der Waals surface area contributed by atoms with Crippen LogP contribution in [-0.2, 0) is 11.3 Å². The Morgan fingerprint density at radius 1 is 1.18 bits per heavy atom. The average Bonchev–Trinajstić information content (AvgIpc) is 3.30. The van der Waals surface area contributed by atoms with Crippen molar-refractivity contribution in [2.75, 3.05) is 19.6 Å². The topological polar surface area (TPSA) is 78.1 Å². The van der Waals surface area contributed by atoms with Gasteiger partial charge in [-0.2, -0.15) is 0 Å². The van der Waals surface area contributed by atoms with Crippen LogP contribution in [0.5, 0.6) is 0 Å². The number of amides is 1. The molecule has 1 unspecified atom stereocenters. The third-order valence-corrected chi connectivity index (χ3v) is 6.88. The number of nitrogens with one attached hydrogen (secondary N) is 2. The monoisotopic (exact) mass is 394 g/mol. The second kappa shape index (κ2) is 6.83. The van der Waals surface area contributed by atoms with Crippen LogP contribution in [0.4, 0.5) is 0 Å². The van der Waals surface area contributed by atoms with Gasteiger partial charge in [0.15, 0.2) is 0 Å². The van der Waals surface area contributed by atoms with E-state index in [1.807, 2.05) is 35.7 Å². The molecule has 1 spiro atoms. The number of carbonyl (C=O) groups excluding carboxylic acids is 1. The summed E-state index contributed by atoms with van der Waals surface area (Å²) in [6.07, 6.45) is 2.65. The van der Waals surface area contributed by atoms with Crippen LogP contribution >= 0.6 is 11.3 Å². The number of hydrogen-bond acceptors (Lipinski definition) is 5. The molecule has 2 saturated heterocycles. The van der Waals surface area contributed by atoms with Crippen LogP contribution in [0.1, 0.15) is 25.1 Å². The number of hydrogen-bond donors (Lipinski definition) is 2. The number of H-pyrrole nitrogens is 1. The Kier molecular flexibility index (Phi) is 4.29. The largest absolute Gasteiger partial charge is 0.355 e. The first-order chi connectivity index (χ1) is 13.6. The van der Waals surface area contributed by atoms with Crippen LogP contribution in [0.3, 0.4) is 0 Å². The van der Waals surface area contributed by atoms with Crippen molar-refractivity contribution >= 4 is 27.5 Å². The van der Waals surface area contributed by atoms with Crippen LogP contribution in [0.15, 0.2) is 40.5 Å². The Bertz CT molecular complexity index is 1080. The molecule has 6 nitrogen and oxygen atoms in total. The highest BCUT2D eigenvalue weighted by Crippen LogP contribution is 2.37. The molecule has 4 heterocycles. The zero-order valence-electron chi connectivity index (χ0n) is 15.5. The summed E-state index contributed by atoms with van der Waals surface area (Å²) in [5.74, 6) is 0.878. The number of carbonyl (C=O) groups is 1. The van der Waals surface area contributed by atoms with E-state index in [0.29, 0.717) is 18.4 Å². The lowest BCUT2D eigenvalue weighted by Gasteiger charge is -2.33. The van der Waals surface area contributed by atoms with Gasteiger partial charge in [-0.1, -0.05) is 30.3 Å². The van der Waals surface area contributed by atoms with Crippen molar-refractivity contribution < 1.29 is 4.79 Å². The second-order valence-electron chi connectivity index (χ2n) is 7.95. The number of nitrogens with zero attached hydrogens (tertiary/aromatic N) is 2. The minimum atomic E-state index is -0.0704. The molecule has 2 aromatic heterocycles. The fourth-order valence-electron chi connectivity index (χ4n) is 4.46. The lowest BCUT2D eigenvalue weighted by molar-refractivity contribution is -0.124. The summed E-state index contributed by atoms with van der Waals surface area (Å²) >= 11 is 1.52. The third-order valence-electron chi connectivity index (χ3n) is 6.01. The van der Waals surface area contributed by atoms with Crippen molar-refractivity contribution in [3.8, 4) is 11.1 Å². The molecule has 1 aromatic carbocycles. The number of likely N-dealkylation sites (tertiary alicyclic amines) is 1. The fraction of sp³-hybridized carbons (Fsp3) is 0.381. The highest BCUT2D eigenvalue weighted by atomic mass is 32.1. The van der Waals surface area contributed by atoms with Gasteiger partial charge in [0, 0.05) is 35.9 Å². The summed E-state index contributed by atoms with van der Waals surface area (Å²) < 4.78 is 0. The first kappa shape index (κ1) is 17.6. The Balaban J connectivity index is 1.38. The summed E-state index contributed by atoms with van der Waals surface area (Å²) in [6, 6.07) is 9.96. The van der Waals surface area contributed by atoms with Crippen LogP contribution in [0.2, 0.25) is 0 Å². The lowest BCUT2D eigenvalue weighted by atomic mass is 9.80. The van der Waals surface area contributed by atoms with Crippen molar-refractivity contribution in [2.45, 2.75) is 25.8 Å². The number of thiophene rings is 1. The minimum absolute atomic E-state index is 0.0704. The fourth-order valence-corrected chi connectivity index (χ4v) is 5.43. The highest BCUT2D eigenvalue weighted by Gasteiger charge is 2.40. The van der Waals surface area contributed by atoms with Gasteiger partial charge in [0.1, 0.15) is 10.7 Å². The van der Waals surface area contributed by atoms with Gasteiger partial charge in [-0.3, -0.25) is 14.5 Å². The summed E-state index contributed by atoms with van der Waals surface area (Å²) in [5, 5.41) is 5.70. The molecule has 0 saturated carbocycles. The van der Waals surface area contributed by atoms with Gasteiger partial charge in [-0.05, 0) is 24.9 Å². The van der Waals surface area contributed by atoms with Crippen molar-refractivity contribution in [3.05, 3.63) is 51.9 Å². The number of piperidine rings is 1. The van der Waals surface area contributed by atoms with Crippen LogP contribution in [0.25, 0.3) is 21.3 Å². The lowest BCUT2D eigenvalue weighted by Crippen LogP contribution is -2.44. The molecule has 1 amide bonds. The molecule has 1 atom stereocenters. The van der Waals surface area contributed by atoms with E-state index >= 15 is 0 Å². The van der Waals surface area contributed by atoms with E-state index in [9.17, 15) is 9.59 Å². The third kappa shape index (κ3) is 3.14. The zero-order valence-corrected chi connectivity index (χ0v) is 16.3. The van der Waals surface area contributed by atoms with Gasteiger partial charge in [0.25, 0.3) is 5.56 Å². The minimum Gasteiger partial charge on any atom is -0.355 e. The molecule has 2 fully saturated rings. The van der Waals surface area contributed by atoms with Crippen molar-refractivity contribution in [3.63, 3.8) is 0 Å². The van der Waals surface area contributed by atoms with E-state index in [-0.39, 0.29) is 16.9 Å². The zero-order chi connectivity index (χ0) is 19.1. The van der Waals surface area contributed by atoms with Gasteiger partial charge < -0.3 is 10.3 Å². The Hall–Kier alpha value is -2.51. The van der Waals surface area contributed by atoms with Crippen molar-refractivity contribution in [1.82, 2.24) is 20.2 Å². The molecule has 28 heavy (non-hydrogen) atoms. The predicted octanol–water partition coefficient (Wildman–Crippen LogP) is 2.75. The van der Waals surface area contributed by atoms with Crippen molar-refractivity contribution in [1.29, 1.82) is 0 Å². The summed E-state index contributed by atoms with van der Waals surface area (Å²) in [4.78, 5) is 35.1. The first-order valence-corrected chi connectivity index (χ1v) is 10.5. The molecule has 7 heteroatoms. The van der Waals surface area contributed by atoms with E-state index in [1.165, 1.54) is 11.3 Å². The van der Waals surface area contributed by atoms with Crippen LogP contribution in [0, 0.1) is 5.41 Å². The van der Waals surface area contributed by atoms with E-state index < -0.39 is 0 Å². The maximum atomic E-state index is 12.8. The molecule has 0 radical (unpaired) electrons. The SMILES string of the molecule is O=C1CCC2(CCN(Cc3nc4scc(-c5ccccc5)c4c(=O)[nH]3)C2)CN1. The van der Waals surface area contributed by atoms with Gasteiger partial charge in [-0.15, -0.1) is 11.3 Å². The highest BCUT2D eigenvalue weighted by molar-refractivity contribution is 7.17. The molecule has 2 N–H and O–H groups in total. The number of rotatable bonds is 3. The van der Waals surface area contributed by atoms with E-state index in [1.54, 1.807) is 0 Å². The standard InChI is InChI=1S/C21H22N4O2S/c26-17-6-7-21(12-22-17)8-9-25(13-21)10-16-23-19(27)18-15(11-28-20(18)24-16)14-4-2-1-3-5-14/h1-5,11H,6-10,12-13H2,(H,22,26)(H,23,24,27). The maximum Gasteiger partial charge on any atom is 0.260 e. The number of benzene rings is 1. The van der Waals surface area contributed by atoms with Gasteiger partial charge in [-0.25, -0.2) is 4.98 Å². The van der Waals surface area contributed by atoms with Gasteiger partial charge in [0.05, 0.1) is 11.9 Å². The van der Waals surface area contributed by atoms with E-state index in [4.69, 9.17) is 4.98 Å². The quantitative estimate of drug-likeness (QED) is 0.716. The number of aromatic amines is 1. The number of aromatic nitrogens is 2. The Labute approximate surface area is 166 Å². The van der Waals surface area contributed by atoms with E-state index in [2.05, 4.69) is 15.2 Å².